The fraction of sp³-hybridized carbons (Fsp3) is 0.385. The molecule has 4 unspecified atom stereocenters. The molecule has 3 aliphatic rings. The number of carbonyl (C=O) groups is 2. The molecule has 3 aliphatic carbocycles. The number of nitrogens with one attached hydrogen (secondary N) is 1. The van der Waals surface area contributed by atoms with Crippen molar-refractivity contribution >= 4 is 27.9 Å². The molecule has 8 nitrogen and oxygen atoms in total. The third kappa shape index (κ3) is 4.34. The minimum atomic E-state index is -4.06. The van der Waals surface area contributed by atoms with Crippen LogP contribution in [0.3, 0.4) is 0 Å². The summed E-state index contributed by atoms with van der Waals surface area (Å²) >= 11 is 0. The maximum Gasteiger partial charge on any atom is 0.380 e. The zero-order chi connectivity index (χ0) is 25.0. The summed E-state index contributed by atoms with van der Waals surface area (Å²) < 4.78 is 27.5. The van der Waals surface area contributed by atoms with E-state index >= 15 is 0 Å². The molecule has 0 aliphatic heterocycles. The number of allylic oxidation sites excluding steroid dienone is 1. The second-order valence-electron chi connectivity index (χ2n) is 10.0. The van der Waals surface area contributed by atoms with Crippen molar-refractivity contribution in [3.8, 4) is 5.75 Å². The van der Waals surface area contributed by atoms with Crippen molar-refractivity contribution in [1.82, 2.24) is 0 Å². The minimum absolute atomic E-state index is 0.131. The second-order valence-corrected chi connectivity index (χ2v) is 11.2. The van der Waals surface area contributed by atoms with Gasteiger partial charge in [0.1, 0.15) is 5.75 Å². The summed E-state index contributed by atoms with van der Waals surface area (Å²) in [5.41, 5.74) is 3.46. The number of aromatic carboxylic acids is 1. The van der Waals surface area contributed by atoms with E-state index in [4.69, 9.17) is 9.32 Å². The molecule has 0 radical (unpaired) electrons. The van der Waals surface area contributed by atoms with Crippen molar-refractivity contribution in [2.45, 2.75) is 44.9 Å². The van der Waals surface area contributed by atoms with E-state index in [9.17, 15) is 23.1 Å². The normalized spacial score (nSPS) is 27.1. The minimum Gasteiger partial charge on any atom is -0.478 e. The highest BCUT2D eigenvalue weighted by molar-refractivity contribution is 7.84. The monoisotopic (exact) mass is 496 g/mol. The molecule has 0 heterocycles. The molecule has 5 rings (SSSR count). The number of carboxylic acid groups (broad SMARTS) is 1. The van der Waals surface area contributed by atoms with Gasteiger partial charge in [-0.05, 0) is 91.3 Å². The first kappa shape index (κ1) is 23.6. The van der Waals surface area contributed by atoms with E-state index in [2.05, 4.69) is 18.3 Å². The van der Waals surface area contributed by atoms with Crippen LogP contribution in [0.15, 0.2) is 54.1 Å². The highest BCUT2D eigenvalue weighted by Gasteiger charge is 2.53. The van der Waals surface area contributed by atoms with Gasteiger partial charge in [0.25, 0.3) is 5.91 Å². The van der Waals surface area contributed by atoms with Crippen LogP contribution in [0.25, 0.3) is 0 Å². The van der Waals surface area contributed by atoms with E-state index in [1.165, 1.54) is 17.7 Å². The van der Waals surface area contributed by atoms with Gasteiger partial charge in [0.2, 0.25) is 0 Å². The average molecular weight is 497 g/mol. The Hall–Kier alpha value is -3.17. The lowest BCUT2D eigenvalue weighted by molar-refractivity contribution is -0.114. The Morgan fingerprint density at radius 3 is 2.71 bits per heavy atom. The predicted octanol–water partition coefficient (Wildman–Crippen LogP) is 4.00. The standard InChI is InChI=1S/C26H28N2O6S/c1-26-12-11-20-19-8-6-18(34-35(27,32)33)14-15(19)5-7-21(20)22(26)9-10-23(26)24(29)28-17-4-2-3-16(13-17)25(30)31/h2-4,6,8,10,13-14,20-22H,5,7,9,11-12H2,1H3,(H,28,29)(H,30,31)(H2,27,32,33). The third-order valence-corrected chi connectivity index (χ3v) is 8.53. The maximum atomic E-state index is 13.3. The van der Waals surface area contributed by atoms with Gasteiger partial charge in [0.05, 0.1) is 5.56 Å². The Labute approximate surface area is 204 Å². The van der Waals surface area contributed by atoms with E-state index in [-0.39, 0.29) is 22.6 Å². The Morgan fingerprint density at radius 1 is 1.17 bits per heavy atom. The van der Waals surface area contributed by atoms with E-state index < -0.39 is 16.3 Å². The zero-order valence-electron chi connectivity index (χ0n) is 19.4. The first-order valence-corrected chi connectivity index (χ1v) is 13.2. The summed E-state index contributed by atoms with van der Waals surface area (Å²) in [6, 6.07) is 11.7. The van der Waals surface area contributed by atoms with E-state index in [1.54, 1.807) is 24.3 Å². The van der Waals surface area contributed by atoms with Gasteiger partial charge in [-0.1, -0.05) is 25.1 Å². The Kier molecular flexibility index (Phi) is 5.72. The molecule has 1 saturated carbocycles. The van der Waals surface area contributed by atoms with E-state index in [0.717, 1.165) is 43.2 Å². The molecule has 2 aromatic carbocycles. The number of carboxylic acids is 1. The van der Waals surface area contributed by atoms with Crippen LogP contribution in [0.4, 0.5) is 5.69 Å². The molecule has 1 amide bonds. The molecule has 1 fully saturated rings. The number of rotatable bonds is 5. The summed E-state index contributed by atoms with van der Waals surface area (Å²) in [7, 11) is -4.06. The highest BCUT2D eigenvalue weighted by Crippen LogP contribution is 2.61. The molecule has 0 aromatic heterocycles. The Bertz CT molecular complexity index is 1350. The lowest BCUT2D eigenvalue weighted by atomic mass is 9.54. The SMILES string of the molecule is CC12CCC3c4ccc(OS(N)(=O)=O)cc4CCC3C1CC=C2C(=O)Nc1cccc(C(=O)O)c1. The van der Waals surface area contributed by atoms with Crippen LogP contribution in [0.5, 0.6) is 5.75 Å². The highest BCUT2D eigenvalue weighted by atomic mass is 32.2. The maximum absolute atomic E-state index is 13.3. The van der Waals surface area contributed by atoms with Gasteiger partial charge in [0, 0.05) is 16.7 Å². The molecule has 0 bridgehead atoms. The van der Waals surface area contributed by atoms with Gasteiger partial charge >= 0.3 is 16.3 Å². The number of anilines is 1. The summed E-state index contributed by atoms with van der Waals surface area (Å²) in [5, 5.41) is 17.2. The van der Waals surface area contributed by atoms with Crippen molar-refractivity contribution in [2.24, 2.45) is 22.4 Å². The summed E-state index contributed by atoms with van der Waals surface area (Å²) in [6.45, 7) is 2.18. The van der Waals surface area contributed by atoms with Gasteiger partial charge < -0.3 is 14.6 Å². The van der Waals surface area contributed by atoms with Crippen LogP contribution in [0.1, 0.15) is 60.0 Å². The predicted molar refractivity (Wildman–Crippen MR) is 130 cm³/mol. The number of benzene rings is 2. The van der Waals surface area contributed by atoms with Crippen LogP contribution in [-0.2, 0) is 21.5 Å². The lowest BCUT2D eigenvalue weighted by Gasteiger charge is -2.50. The molecule has 4 atom stereocenters. The van der Waals surface area contributed by atoms with Crippen molar-refractivity contribution in [2.75, 3.05) is 5.32 Å². The quantitative estimate of drug-likeness (QED) is 0.572. The van der Waals surface area contributed by atoms with Gasteiger partial charge in [-0.25, -0.2) is 4.79 Å². The molecule has 0 saturated heterocycles. The topological polar surface area (TPSA) is 136 Å². The van der Waals surface area contributed by atoms with E-state index in [1.807, 2.05) is 6.07 Å². The fourth-order valence-corrected chi connectivity index (χ4v) is 6.96. The van der Waals surface area contributed by atoms with Gasteiger partial charge in [-0.15, -0.1) is 0 Å². The lowest BCUT2D eigenvalue weighted by Crippen LogP contribution is -2.43. The second kappa shape index (κ2) is 8.49. The number of hydrogen-bond donors (Lipinski definition) is 3. The fourth-order valence-electron chi connectivity index (χ4n) is 6.59. The summed E-state index contributed by atoms with van der Waals surface area (Å²) in [6.07, 6.45) is 6.45. The van der Waals surface area contributed by atoms with Gasteiger partial charge in [-0.3, -0.25) is 4.79 Å². The summed E-state index contributed by atoms with van der Waals surface area (Å²) in [5.74, 6) is 0.135. The number of nitrogens with two attached hydrogens (primary N) is 1. The Balaban J connectivity index is 1.34. The summed E-state index contributed by atoms with van der Waals surface area (Å²) in [4.78, 5) is 24.5. The number of fused-ring (bicyclic) bond motifs is 5. The van der Waals surface area contributed by atoms with E-state index in [0.29, 0.717) is 23.4 Å². The van der Waals surface area contributed by atoms with Gasteiger partial charge in [0.15, 0.2) is 0 Å². The molecule has 9 heteroatoms. The van der Waals surface area contributed by atoms with Crippen LogP contribution < -0.4 is 14.6 Å². The third-order valence-electron chi connectivity index (χ3n) is 8.10. The van der Waals surface area contributed by atoms with Crippen LogP contribution in [0, 0.1) is 17.3 Å². The van der Waals surface area contributed by atoms with Gasteiger partial charge in [-0.2, -0.15) is 13.6 Å². The molecule has 4 N–H and O–H groups in total. The number of carbonyl (C=O) groups excluding carboxylic acids is 1. The molecular weight excluding hydrogens is 468 g/mol. The van der Waals surface area contributed by atoms with Crippen LogP contribution in [0.2, 0.25) is 0 Å². The molecule has 184 valence electrons. The molecule has 2 aromatic rings. The largest absolute Gasteiger partial charge is 0.478 e. The smallest absolute Gasteiger partial charge is 0.380 e. The van der Waals surface area contributed by atoms with Crippen molar-refractivity contribution in [1.29, 1.82) is 0 Å². The van der Waals surface area contributed by atoms with Crippen molar-refractivity contribution in [3.05, 3.63) is 70.8 Å². The zero-order valence-corrected chi connectivity index (χ0v) is 20.2. The first-order chi connectivity index (χ1) is 16.5. The number of aryl methyl sites for hydroxylation is 1. The first-order valence-electron chi connectivity index (χ1n) is 11.8. The molecular formula is C26H28N2O6S. The molecule has 35 heavy (non-hydrogen) atoms. The molecule has 0 spiro atoms. The van der Waals surface area contributed by atoms with Crippen LogP contribution in [-0.4, -0.2) is 25.4 Å². The average Bonchev–Trinajstić information content (AvgIpc) is 3.15. The van der Waals surface area contributed by atoms with Crippen LogP contribution >= 0.6 is 0 Å². The van der Waals surface area contributed by atoms with Crippen molar-refractivity contribution < 1.29 is 27.3 Å². The number of amides is 1. The number of hydrogen-bond acceptors (Lipinski definition) is 5. The Morgan fingerprint density at radius 2 is 1.97 bits per heavy atom. The van der Waals surface area contributed by atoms with Crippen molar-refractivity contribution in [3.63, 3.8) is 0 Å².